The summed E-state index contributed by atoms with van der Waals surface area (Å²) >= 11 is 0. The van der Waals surface area contributed by atoms with Crippen LogP contribution >= 0.6 is 0 Å². The Labute approximate surface area is 99.3 Å². The van der Waals surface area contributed by atoms with E-state index in [2.05, 4.69) is 0 Å². The molecule has 1 N–H and O–H groups in total. The van der Waals surface area contributed by atoms with E-state index in [1.807, 2.05) is 6.07 Å². The quantitative estimate of drug-likeness (QED) is 0.877. The van der Waals surface area contributed by atoms with E-state index >= 15 is 0 Å². The second kappa shape index (κ2) is 5.34. The maximum Gasteiger partial charge on any atom is 0.123 e. The van der Waals surface area contributed by atoms with Crippen molar-refractivity contribution in [2.45, 2.75) is 6.42 Å². The highest BCUT2D eigenvalue weighted by Crippen LogP contribution is 2.14. The molecule has 0 fully saturated rings. The van der Waals surface area contributed by atoms with Gasteiger partial charge in [-0.2, -0.15) is 0 Å². The molecule has 0 aliphatic carbocycles. The average molecular weight is 232 g/mol. The van der Waals surface area contributed by atoms with Crippen LogP contribution in [0.25, 0.3) is 0 Å². The number of phenols is 1. The number of benzene rings is 2. The van der Waals surface area contributed by atoms with E-state index < -0.39 is 0 Å². The van der Waals surface area contributed by atoms with Crippen molar-refractivity contribution in [2.75, 3.05) is 6.61 Å². The van der Waals surface area contributed by atoms with Gasteiger partial charge < -0.3 is 9.84 Å². The van der Waals surface area contributed by atoms with Gasteiger partial charge in [-0.05, 0) is 42.0 Å². The zero-order chi connectivity index (χ0) is 12.1. The fraction of sp³-hybridized carbons (Fsp3) is 0.143. The molecule has 0 radical (unpaired) electrons. The van der Waals surface area contributed by atoms with Crippen LogP contribution in [0.1, 0.15) is 5.56 Å². The lowest BCUT2D eigenvalue weighted by molar-refractivity contribution is 0.321. The van der Waals surface area contributed by atoms with Crippen molar-refractivity contribution >= 4 is 0 Å². The zero-order valence-electron chi connectivity index (χ0n) is 9.27. The molecule has 0 saturated heterocycles. The van der Waals surface area contributed by atoms with Crippen molar-refractivity contribution in [3.63, 3.8) is 0 Å². The van der Waals surface area contributed by atoms with Crippen molar-refractivity contribution in [2.24, 2.45) is 0 Å². The lowest BCUT2D eigenvalue weighted by Gasteiger charge is -2.06. The summed E-state index contributed by atoms with van der Waals surface area (Å²) in [4.78, 5) is 0. The number of ether oxygens (including phenoxy) is 1. The SMILES string of the molecule is Oc1cccc(CCOc2ccc(F)cc2)c1. The highest BCUT2D eigenvalue weighted by Gasteiger charge is 1.97. The lowest BCUT2D eigenvalue weighted by atomic mass is 10.1. The molecule has 0 spiro atoms. The summed E-state index contributed by atoms with van der Waals surface area (Å²) in [5, 5.41) is 9.28. The third-order valence-corrected chi connectivity index (χ3v) is 2.38. The summed E-state index contributed by atoms with van der Waals surface area (Å²) in [7, 11) is 0. The Balaban J connectivity index is 1.85. The summed E-state index contributed by atoms with van der Waals surface area (Å²) in [6.07, 6.45) is 0.700. The summed E-state index contributed by atoms with van der Waals surface area (Å²) in [5.41, 5.74) is 1.01. The minimum atomic E-state index is -0.273. The first-order chi connectivity index (χ1) is 8.24. The standard InChI is InChI=1S/C14H13FO2/c15-12-4-6-14(7-5-12)17-9-8-11-2-1-3-13(16)10-11/h1-7,10,16H,8-9H2. The van der Waals surface area contributed by atoms with Crippen molar-refractivity contribution < 1.29 is 14.2 Å². The van der Waals surface area contributed by atoms with E-state index in [1.165, 1.54) is 12.1 Å². The third-order valence-electron chi connectivity index (χ3n) is 2.38. The molecule has 2 aromatic carbocycles. The van der Waals surface area contributed by atoms with Crippen molar-refractivity contribution in [3.05, 3.63) is 59.9 Å². The summed E-state index contributed by atoms with van der Waals surface area (Å²) in [6, 6.07) is 13.0. The van der Waals surface area contributed by atoms with E-state index in [0.29, 0.717) is 18.8 Å². The number of phenolic OH excluding ortho intramolecular Hbond substituents is 1. The molecule has 2 rings (SSSR count). The molecular weight excluding hydrogens is 219 g/mol. The molecule has 0 aliphatic heterocycles. The number of hydrogen-bond donors (Lipinski definition) is 1. The number of rotatable bonds is 4. The van der Waals surface area contributed by atoms with E-state index in [9.17, 15) is 9.50 Å². The largest absolute Gasteiger partial charge is 0.508 e. The Morgan fingerprint density at radius 2 is 1.82 bits per heavy atom. The summed E-state index contributed by atoms with van der Waals surface area (Å²) in [5.74, 6) is 0.626. The Hall–Kier alpha value is -2.03. The van der Waals surface area contributed by atoms with Gasteiger partial charge in [0.15, 0.2) is 0 Å². The number of aromatic hydroxyl groups is 1. The van der Waals surface area contributed by atoms with Gasteiger partial charge in [0.2, 0.25) is 0 Å². The molecule has 0 atom stereocenters. The monoisotopic (exact) mass is 232 g/mol. The van der Waals surface area contributed by atoms with Gasteiger partial charge in [-0.1, -0.05) is 12.1 Å². The van der Waals surface area contributed by atoms with Crippen LogP contribution in [0.15, 0.2) is 48.5 Å². The van der Waals surface area contributed by atoms with Crippen LogP contribution in [0.5, 0.6) is 11.5 Å². The van der Waals surface area contributed by atoms with Crippen LogP contribution in [0.4, 0.5) is 4.39 Å². The Morgan fingerprint density at radius 3 is 2.53 bits per heavy atom. The summed E-state index contributed by atoms with van der Waals surface area (Å²) < 4.78 is 18.1. The van der Waals surface area contributed by atoms with Gasteiger partial charge in [-0.3, -0.25) is 0 Å². The Bertz CT molecular complexity index is 480. The third kappa shape index (κ3) is 3.48. The second-order valence-corrected chi connectivity index (χ2v) is 3.72. The molecule has 0 bridgehead atoms. The first-order valence-corrected chi connectivity index (χ1v) is 5.40. The molecule has 0 aromatic heterocycles. The molecule has 3 heteroatoms. The molecule has 0 heterocycles. The van der Waals surface area contributed by atoms with Gasteiger partial charge >= 0.3 is 0 Å². The first-order valence-electron chi connectivity index (χ1n) is 5.40. The van der Waals surface area contributed by atoms with E-state index in [1.54, 1.807) is 30.3 Å². The topological polar surface area (TPSA) is 29.5 Å². The minimum Gasteiger partial charge on any atom is -0.508 e. The molecule has 17 heavy (non-hydrogen) atoms. The molecule has 88 valence electrons. The van der Waals surface area contributed by atoms with Gasteiger partial charge in [0.1, 0.15) is 17.3 Å². The van der Waals surface area contributed by atoms with Crippen LogP contribution in [-0.2, 0) is 6.42 Å². The van der Waals surface area contributed by atoms with Gasteiger partial charge in [0.05, 0.1) is 6.61 Å². The molecule has 2 aromatic rings. The zero-order valence-corrected chi connectivity index (χ0v) is 9.27. The second-order valence-electron chi connectivity index (χ2n) is 3.72. The molecule has 0 aliphatic rings. The minimum absolute atomic E-state index is 0.254. The summed E-state index contributed by atoms with van der Waals surface area (Å²) in [6.45, 7) is 0.495. The highest BCUT2D eigenvalue weighted by atomic mass is 19.1. The molecule has 2 nitrogen and oxygen atoms in total. The van der Waals surface area contributed by atoms with Crippen LogP contribution < -0.4 is 4.74 Å². The fourth-order valence-corrected chi connectivity index (χ4v) is 1.53. The first kappa shape index (κ1) is 11.5. The number of halogens is 1. The maximum absolute atomic E-state index is 12.6. The average Bonchev–Trinajstić information content (AvgIpc) is 2.32. The van der Waals surface area contributed by atoms with Crippen LogP contribution in [0.3, 0.4) is 0 Å². The Kier molecular flexibility index (Phi) is 3.60. The lowest BCUT2D eigenvalue weighted by Crippen LogP contribution is -2.01. The van der Waals surface area contributed by atoms with Gasteiger partial charge in [-0.15, -0.1) is 0 Å². The Morgan fingerprint density at radius 1 is 1.06 bits per heavy atom. The van der Waals surface area contributed by atoms with Crippen molar-refractivity contribution in [1.29, 1.82) is 0 Å². The van der Waals surface area contributed by atoms with Crippen molar-refractivity contribution in [3.8, 4) is 11.5 Å². The predicted molar refractivity (Wildman–Crippen MR) is 63.7 cm³/mol. The van der Waals surface area contributed by atoms with E-state index in [4.69, 9.17) is 4.74 Å². The van der Waals surface area contributed by atoms with E-state index in [-0.39, 0.29) is 11.6 Å². The normalized spacial score (nSPS) is 10.2. The van der Waals surface area contributed by atoms with Crippen LogP contribution in [0, 0.1) is 5.82 Å². The molecule has 0 saturated carbocycles. The number of hydrogen-bond acceptors (Lipinski definition) is 2. The molecular formula is C14H13FO2. The van der Waals surface area contributed by atoms with Crippen molar-refractivity contribution in [1.82, 2.24) is 0 Å². The van der Waals surface area contributed by atoms with Crippen LogP contribution in [0.2, 0.25) is 0 Å². The van der Waals surface area contributed by atoms with Gasteiger partial charge in [0.25, 0.3) is 0 Å². The van der Waals surface area contributed by atoms with Gasteiger partial charge in [0, 0.05) is 6.42 Å². The predicted octanol–water partition coefficient (Wildman–Crippen LogP) is 3.15. The smallest absolute Gasteiger partial charge is 0.123 e. The van der Waals surface area contributed by atoms with Crippen LogP contribution in [-0.4, -0.2) is 11.7 Å². The molecule has 0 amide bonds. The highest BCUT2D eigenvalue weighted by molar-refractivity contribution is 5.27. The fourth-order valence-electron chi connectivity index (χ4n) is 1.53. The van der Waals surface area contributed by atoms with E-state index in [0.717, 1.165) is 5.56 Å². The van der Waals surface area contributed by atoms with Gasteiger partial charge in [-0.25, -0.2) is 4.39 Å². The molecule has 0 unspecified atom stereocenters. The maximum atomic E-state index is 12.6.